The van der Waals surface area contributed by atoms with Crippen LogP contribution in [0.4, 0.5) is 5.69 Å². The second-order valence-corrected chi connectivity index (χ2v) is 5.50. The van der Waals surface area contributed by atoms with Gasteiger partial charge in [-0.3, -0.25) is 0 Å². The largest absolute Gasteiger partial charge is 0.466 e. The van der Waals surface area contributed by atoms with E-state index in [-0.39, 0.29) is 24.6 Å². The van der Waals surface area contributed by atoms with Gasteiger partial charge in [0, 0.05) is 5.69 Å². The van der Waals surface area contributed by atoms with E-state index >= 15 is 0 Å². The number of methoxy groups -OCH3 is 2. The van der Waals surface area contributed by atoms with Gasteiger partial charge in [0.1, 0.15) is 24.6 Å². The van der Waals surface area contributed by atoms with Gasteiger partial charge in [-0.05, 0) is 17.7 Å². The molecule has 26 heavy (non-hydrogen) atoms. The zero-order valence-corrected chi connectivity index (χ0v) is 14.4. The second-order valence-electron chi connectivity index (χ2n) is 5.50. The number of carbonyl (C=O) groups excluding carboxylic acids is 2. The Morgan fingerprint density at radius 3 is 2.31 bits per heavy atom. The normalized spacial score (nSPS) is 16.9. The first-order valence-electron chi connectivity index (χ1n) is 7.76. The third-order valence-electron chi connectivity index (χ3n) is 3.93. The summed E-state index contributed by atoms with van der Waals surface area (Å²) in [5.74, 6) is -1.42. The topological polar surface area (TPSA) is 126 Å². The summed E-state index contributed by atoms with van der Waals surface area (Å²) in [5.41, 5.74) is 0.922. The summed E-state index contributed by atoms with van der Waals surface area (Å²) in [6, 6.07) is 6.21. The van der Waals surface area contributed by atoms with Gasteiger partial charge in [-0.2, -0.15) is 0 Å². The minimum atomic E-state index is -1.31. The van der Waals surface area contributed by atoms with Crippen molar-refractivity contribution >= 4 is 17.6 Å². The van der Waals surface area contributed by atoms with E-state index < -0.39 is 30.8 Å². The fraction of sp³-hybridized carbons (Fsp3) is 0.412. The van der Waals surface area contributed by atoms with Crippen LogP contribution in [-0.4, -0.2) is 67.5 Å². The van der Waals surface area contributed by atoms with Gasteiger partial charge in [0.25, 0.3) is 0 Å². The van der Waals surface area contributed by atoms with Gasteiger partial charge in [-0.25, -0.2) is 9.59 Å². The second kappa shape index (κ2) is 8.77. The van der Waals surface area contributed by atoms with E-state index in [1.54, 1.807) is 12.1 Å². The number of ether oxygens (including phenoxy) is 3. The molecule has 0 aromatic heterocycles. The Kier molecular flexibility index (Phi) is 6.70. The van der Waals surface area contributed by atoms with Crippen LogP contribution < -0.4 is 4.90 Å². The van der Waals surface area contributed by atoms with Crippen molar-refractivity contribution in [2.24, 2.45) is 0 Å². The lowest BCUT2D eigenvalue weighted by atomic mass is 10.0. The number of esters is 2. The summed E-state index contributed by atoms with van der Waals surface area (Å²) in [5, 5.41) is 28.4. The number of rotatable bonds is 6. The smallest absolute Gasteiger partial charge is 0.355 e. The molecule has 1 aromatic rings. The van der Waals surface area contributed by atoms with Gasteiger partial charge < -0.3 is 34.4 Å². The van der Waals surface area contributed by atoms with Crippen LogP contribution >= 0.6 is 0 Å². The van der Waals surface area contributed by atoms with Crippen molar-refractivity contribution in [3.63, 3.8) is 0 Å². The first-order chi connectivity index (χ1) is 12.4. The minimum absolute atomic E-state index is 0.00604. The number of carbonyl (C=O) groups is 2. The SMILES string of the molecule is COC(=O)C1=C(C(=O)OC)N(c2ccc(C(O)C(O)CO)cc2)COC1. The lowest BCUT2D eigenvalue weighted by Crippen LogP contribution is -2.38. The Morgan fingerprint density at radius 1 is 1.15 bits per heavy atom. The molecular weight excluding hydrogens is 346 g/mol. The number of hydrogen-bond donors (Lipinski definition) is 3. The Morgan fingerprint density at radius 2 is 1.77 bits per heavy atom. The summed E-state index contributed by atoms with van der Waals surface area (Å²) in [6.07, 6.45) is -2.57. The molecule has 0 aliphatic carbocycles. The molecule has 1 heterocycles. The van der Waals surface area contributed by atoms with Crippen molar-refractivity contribution in [1.82, 2.24) is 0 Å². The molecular formula is C17H21NO8. The number of anilines is 1. The zero-order valence-electron chi connectivity index (χ0n) is 14.4. The Balaban J connectivity index is 2.39. The van der Waals surface area contributed by atoms with Crippen molar-refractivity contribution in [1.29, 1.82) is 0 Å². The Bertz CT molecular complexity index is 685. The molecule has 0 saturated heterocycles. The summed E-state index contributed by atoms with van der Waals surface area (Å²) in [6.45, 7) is -0.667. The molecule has 0 spiro atoms. The summed E-state index contributed by atoms with van der Waals surface area (Å²) >= 11 is 0. The molecule has 142 valence electrons. The number of hydrogen-bond acceptors (Lipinski definition) is 9. The molecule has 0 amide bonds. The fourth-order valence-corrected chi connectivity index (χ4v) is 2.52. The number of aliphatic hydroxyl groups is 3. The molecule has 0 fully saturated rings. The number of benzene rings is 1. The van der Waals surface area contributed by atoms with Crippen molar-refractivity contribution in [2.45, 2.75) is 12.2 Å². The van der Waals surface area contributed by atoms with E-state index in [4.69, 9.17) is 19.3 Å². The Hall–Kier alpha value is -2.46. The van der Waals surface area contributed by atoms with Crippen LogP contribution in [0.3, 0.4) is 0 Å². The number of nitrogens with zero attached hydrogens (tertiary/aromatic N) is 1. The maximum Gasteiger partial charge on any atom is 0.355 e. The van der Waals surface area contributed by atoms with Crippen molar-refractivity contribution < 1.29 is 39.1 Å². The minimum Gasteiger partial charge on any atom is -0.466 e. The lowest BCUT2D eigenvalue weighted by molar-refractivity contribution is -0.140. The molecule has 0 radical (unpaired) electrons. The van der Waals surface area contributed by atoms with Gasteiger partial charge in [0.15, 0.2) is 0 Å². The van der Waals surface area contributed by atoms with Gasteiger partial charge in [-0.1, -0.05) is 12.1 Å². The predicted molar refractivity (Wildman–Crippen MR) is 88.9 cm³/mol. The predicted octanol–water partition coefficient (Wildman–Crippen LogP) is -0.533. The maximum absolute atomic E-state index is 12.2. The highest BCUT2D eigenvalue weighted by Crippen LogP contribution is 2.28. The summed E-state index contributed by atoms with van der Waals surface area (Å²) in [7, 11) is 2.40. The summed E-state index contributed by atoms with van der Waals surface area (Å²) < 4.78 is 14.8. The van der Waals surface area contributed by atoms with Crippen LogP contribution in [0.1, 0.15) is 11.7 Å². The number of aliphatic hydroxyl groups excluding tert-OH is 3. The van der Waals surface area contributed by atoms with E-state index in [0.29, 0.717) is 11.3 Å². The van der Waals surface area contributed by atoms with E-state index in [2.05, 4.69) is 0 Å². The average molecular weight is 367 g/mol. The van der Waals surface area contributed by atoms with Crippen LogP contribution in [0.25, 0.3) is 0 Å². The molecule has 0 saturated carbocycles. The molecule has 3 N–H and O–H groups in total. The molecule has 9 nitrogen and oxygen atoms in total. The van der Waals surface area contributed by atoms with Crippen LogP contribution in [0.2, 0.25) is 0 Å². The van der Waals surface area contributed by atoms with E-state index in [1.807, 2.05) is 0 Å². The zero-order chi connectivity index (χ0) is 19.3. The molecule has 9 heteroatoms. The average Bonchev–Trinajstić information content (AvgIpc) is 2.70. The van der Waals surface area contributed by atoms with Crippen LogP contribution in [0.15, 0.2) is 35.5 Å². The van der Waals surface area contributed by atoms with E-state index in [9.17, 15) is 19.8 Å². The standard InChI is InChI=1S/C17H21NO8/c1-24-16(22)12-8-26-9-18(14(12)17(23)25-2)11-5-3-10(4-6-11)15(21)13(20)7-19/h3-6,13,15,19-21H,7-9H2,1-2H3. The third-order valence-corrected chi connectivity index (χ3v) is 3.93. The Labute approximate surface area is 150 Å². The lowest BCUT2D eigenvalue weighted by Gasteiger charge is -2.31. The third kappa shape index (κ3) is 4.02. The molecule has 2 rings (SSSR count). The van der Waals surface area contributed by atoms with Gasteiger partial charge in [0.05, 0.1) is 33.0 Å². The monoisotopic (exact) mass is 367 g/mol. The van der Waals surface area contributed by atoms with Gasteiger partial charge >= 0.3 is 11.9 Å². The summed E-state index contributed by atoms with van der Waals surface area (Å²) in [4.78, 5) is 25.6. The van der Waals surface area contributed by atoms with Crippen LogP contribution in [0.5, 0.6) is 0 Å². The molecule has 0 bridgehead atoms. The first kappa shape index (κ1) is 19.9. The van der Waals surface area contributed by atoms with Crippen molar-refractivity contribution in [2.75, 3.05) is 39.1 Å². The molecule has 2 unspecified atom stereocenters. The molecule has 1 aromatic carbocycles. The molecule has 1 aliphatic rings. The molecule has 1 aliphatic heterocycles. The van der Waals surface area contributed by atoms with E-state index in [0.717, 1.165) is 0 Å². The first-order valence-corrected chi connectivity index (χ1v) is 7.76. The van der Waals surface area contributed by atoms with E-state index in [1.165, 1.54) is 31.3 Å². The maximum atomic E-state index is 12.2. The molecule has 2 atom stereocenters. The highest BCUT2D eigenvalue weighted by Gasteiger charge is 2.32. The van der Waals surface area contributed by atoms with Crippen LogP contribution in [-0.2, 0) is 23.8 Å². The van der Waals surface area contributed by atoms with Gasteiger partial charge in [-0.15, -0.1) is 0 Å². The quantitative estimate of drug-likeness (QED) is 0.569. The fourth-order valence-electron chi connectivity index (χ4n) is 2.52. The highest BCUT2D eigenvalue weighted by molar-refractivity contribution is 6.03. The highest BCUT2D eigenvalue weighted by atomic mass is 16.5. The van der Waals surface area contributed by atoms with Gasteiger partial charge in [0.2, 0.25) is 0 Å². The van der Waals surface area contributed by atoms with Crippen molar-refractivity contribution in [3.8, 4) is 0 Å². The van der Waals surface area contributed by atoms with Crippen molar-refractivity contribution in [3.05, 3.63) is 41.1 Å². The van der Waals surface area contributed by atoms with Crippen LogP contribution in [0, 0.1) is 0 Å².